The van der Waals surface area contributed by atoms with Crippen molar-refractivity contribution >= 4 is 17.4 Å². The second-order valence-corrected chi connectivity index (χ2v) is 8.77. The molecule has 0 aliphatic carbocycles. The molecule has 0 saturated carbocycles. The van der Waals surface area contributed by atoms with Crippen LogP contribution < -0.4 is 9.47 Å². The highest BCUT2D eigenvalue weighted by molar-refractivity contribution is 6.46. The number of likely N-dealkylation sites (N-methyl/N-ethyl adjacent to an activating group) is 1. The SMILES string of the molecule is COc1ccccc1C1/C(=C(/O)c2ccc(OCC(C)C)cc2)C(=O)C(=O)N1CCN(C)C. The Labute approximate surface area is 195 Å². The average Bonchev–Trinajstić information content (AvgIpc) is 3.05. The average molecular weight is 453 g/mol. The molecule has 1 aliphatic heterocycles. The molecule has 3 rings (SSSR count). The van der Waals surface area contributed by atoms with E-state index in [-0.39, 0.29) is 11.3 Å². The third kappa shape index (κ3) is 5.37. The Morgan fingerprint density at radius 2 is 1.76 bits per heavy atom. The molecule has 0 radical (unpaired) electrons. The molecule has 0 spiro atoms. The lowest BCUT2D eigenvalue weighted by Gasteiger charge is -2.27. The Morgan fingerprint density at radius 3 is 2.36 bits per heavy atom. The standard InChI is InChI=1S/C26H32N2O5/c1-17(2)16-33-19-12-10-18(11-13-19)24(29)22-23(20-8-6-7-9-21(20)32-5)28(15-14-27(3)4)26(31)25(22)30/h6-13,17,23,29H,14-16H2,1-5H3/b24-22-. The number of benzene rings is 2. The van der Waals surface area contributed by atoms with Crippen LogP contribution in [0.2, 0.25) is 0 Å². The second-order valence-electron chi connectivity index (χ2n) is 8.77. The van der Waals surface area contributed by atoms with Crippen molar-refractivity contribution in [3.63, 3.8) is 0 Å². The van der Waals surface area contributed by atoms with Gasteiger partial charge in [-0.3, -0.25) is 9.59 Å². The summed E-state index contributed by atoms with van der Waals surface area (Å²) >= 11 is 0. The number of Topliss-reactive ketones (excluding diaryl/α,β-unsaturated/α-hetero) is 1. The number of rotatable bonds is 9. The van der Waals surface area contributed by atoms with Gasteiger partial charge in [-0.1, -0.05) is 32.0 Å². The molecule has 1 saturated heterocycles. The number of hydrogen-bond donors (Lipinski definition) is 1. The molecule has 0 bridgehead atoms. The number of carbonyl (C=O) groups excluding carboxylic acids is 2. The van der Waals surface area contributed by atoms with Crippen LogP contribution in [-0.4, -0.2) is 67.5 Å². The first-order valence-electron chi connectivity index (χ1n) is 11.0. The van der Waals surface area contributed by atoms with Gasteiger partial charge in [-0.2, -0.15) is 0 Å². The highest BCUT2D eigenvalue weighted by atomic mass is 16.5. The molecule has 1 unspecified atom stereocenters. The highest BCUT2D eigenvalue weighted by Gasteiger charge is 2.46. The van der Waals surface area contributed by atoms with Gasteiger partial charge in [-0.05, 0) is 50.3 Å². The fourth-order valence-electron chi connectivity index (χ4n) is 3.76. The number of aliphatic hydroxyl groups excluding tert-OH is 1. The van der Waals surface area contributed by atoms with Crippen LogP contribution in [0, 0.1) is 5.92 Å². The van der Waals surface area contributed by atoms with Crippen LogP contribution in [0.25, 0.3) is 5.76 Å². The summed E-state index contributed by atoms with van der Waals surface area (Å²) in [5.74, 6) is 0.0492. The van der Waals surface area contributed by atoms with Crippen LogP contribution in [0.4, 0.5) is 0 Å². The molecule has 7 nitrogen and oxygen atoms in total. The third-order valence-corrected chi connectivity index (χ3v) is 5.47. The van der Waals surface area contributed by atoms with E-state index in [0.29, 0.717) is 48.2 Å². The summed E-state index contributed by atoms with van der Waals surface area (Å²) in [6.07, 6.45) is 0. The van der Waals surface area contributed by atoms with E-state index < -0.39 is 17.7 Å². The lowest BCUT2D eigenvalue weighted by molar-refractivity contribution is -0.140. The van der Waals surface area contributed by atoms with Crippen molar-refractivity contribution in [2.24, 2.45) is 5.92 Å². The Kier molecular flexibility index (Phi) is 7.76. The maximum atomic E-state index is 13.1. The molecule has 33 heavy (non-hydrogen) atoms. The van der Waals surface area contributed by atoms with Crippen molar-refractivity contribution in [2.75, 3.05) is 40.9 Å². The number of amides is 1. The van der Waals surface area contributed by atoms with Gasteiger partial charge < -0.3 is 24.4 Å². The van der Waals surface area contributed by atoms with Crippen molar-refractivity contribution in [1.82, 2.24) is 9.80 Å². The summed E-state index contributed by atoms with van der Waals surface area (Å²) < 4.78 is 11.2. The minimum atomic E-state index is -0.752. The number of hydrogen-bond acceptors (Lipinski definition) is 6. The normalized spacial score (nSPS) is 17.8. The number of methoxy groups -OCH3 is 1. The molecule has 0 aromatic heterocycles. The van der Waals surface area contributed by atoms with E-state index in [2.05, 4.69) is 13.8 Å². The van der Waals surface area contributed by atoms with Crippen molar-refractivity contribution in [2.45, 2.75) is 19.9 Å². The molecule has 1 aliphatic rings. The van der Waals surface area contributed by atoms with E-state index in [9.17, 15) is 14.7 Å². The number of aliphatic hydroxyl groups is 1. The van der Waals surface area contributed by atoms with Crippen molar-refractivity contribution < 1.29 is 24.2 Å². The summed E-state index contributed by atoms with van der Waals surface area (Å²) in [7, 11) is 5.34. The highest BCUT2D eigenvalue weighted by Crippen LogP contribution is 2.42. The summed E-state index contributed by atoms with van der Waals surface area (Å²) in [4.78, 5) is 29.6. The van der Waals surface area contributed by atoms with Gasteiger partial charge >= 0.3 is 0 Å². The zero-order valence-corrected chi connectivity index (χ0v) is 19.9. The van der Waals surface area contributed by atoms with Gasteiger partial charge in [0, 0.05) is 24.2 Å². The first kappa shape index (κ1) is 24.3. The van der Waals surface area contributed by atoms with Crippen LogP contribution in [0.1, 0.15) is 31.0 Å². The minimum absolute atomic E-state index is 0.0547. The van der Waals surface area contributed by atoms with Crippen LogP contribution in [0.15, 0.2) is 54.1 Å². The van der Waals surface area contributed by atoms with Crippen LogP contribution in [0.5, 0.6) is 11.5 Å². The molecular formula is C26H32N2O5. The Bertz CT molecular complexity index is 1030. The largest absolute Gasteiger partial charge is 0.507 e. The third-order valence-electron chi connectivity index (χ3n) is 5.47. The van der Waals surface area contributed by atoms with Crippen LogP contribution in [-0.2, 0) is 9.59 Å². The van der Waals surface area contributed by atoms with E-state index in [1.54, 1.807) is 37.4 Å². The number of nitrogens with zero attached hydrogens (tertiary/aromatic N) is 2. The molecule has 1 heterocycles. The van der Waals surface area contributed by atoms with Gasteiger partial charge in [0.2, 0.25) is 0 Å². The Morgan fingerprint density at radius 1 is 1.09 bits per heavy atom. The lowest BCUT2D eigenvalue weighted by Crippen LogP contribution is -2.35. The number of ketones is 1. The zero-order valence-electron chi connectivity index (χ0n) is 19.9. The minimum Gasteiger partial charge on any atom is -0.507 e. The van der Waals surface area contributed by atoms with Crippen molar-refractivity contribution in [3.05, 3.63) is 65.2 Å². The molecule has 2 aromatic carbocycles. The smallest absolute Gasteiger partial charge is 0.295 e. The molecule has 1 atom stereocenters. The van der Waals surface area contributed by atoms with Gasteiger partial charge in [-0.15, -0.1) is 0 Å². The summed E-state index contributed by atoms with van der Waals surface area (Å²) in [5.41, 5.74) is 1.15. The number of likely N-dealkylation sites (tertiary alicyclic amines) is 1. The summed E-state index contributed by atoms with van der Waals surface area (Å²) in [5, 5.41) is 11.2. The van der Waals surface area contributed by atoms with Crippen molar-refractivity contribution in [3.8, 4) is 11.5 Å². The van der Waals surface area contributed by atoms with Crippen molar-refractivity contribution in [1.29, 1.82) is 0 Å². The molecule has 1 fully saturated rings. The summed E-state index contributed by atoms with van der Waals surface area (Å²) in [6, 6.07) is 13.4. The predicted molar refractivity (Wildman–Crippen MR) is 127 cm³/mol. The first-order chi connectivity index (χ1) is 15.7. The van der Waals surface area contributed by atoms with Gasteiger partial charge in [-0.25, -0.2) is 0 Å². The van der Waals surface area contributed by atoms with Gasteiger partial charge in [0.15, 0.2) is 0 Å². The maximum absolute atomic E-state index is 13.1. The van der Waals surface area contributed by atoms with Gasteiger partial charge in [0.25, 0.3) is 11.7 Å². The lowest BCUT2D eigenvalue weighted by atomic mass is 9.94. The molecule has 7 heteroatoms. The monoisotopic (exact) mass is 452 g/mol. The summed E-state index contributed by atoms with van der Waals surface area (Å²) in [6.45, 7) is 5.61. The number of para-hydroxylation sites is 1. The second kappa shape index (κ2) is 10.5. The molecule has 2 aromatic rings. The van der Waals surface area contributed by atoms with Crippen LogP contribution in [0.3, 0.4) is 0 Å². The first-order valence-corrected chi connectivity index (χ1v) is 11.0. The van der Waals surface area contributed by atoms with Gasteiger partial charge in [0.05, 0.1) is 25.3 Å². The van der Waals surface area contributed by atoms with Gasteiger partial charge in [0.1, 0.15) is 17.3 Å². The molecular weight excluding hydrogens is 420 g/mol. The molecule has 1 amide bonds. The van der Waals surface area contributed by atoms with E-state index in [1.165, 1.54) is 4.90 Å². The van der Waals surface area contributed by atoms with E-state index in [0.717, 1.165) is 0 Å². The molecule has 1 N–H and O–H groups in total. The fraction of sp³-hybridized carbons (Fsp3) is 0.385. The Balaban J connectivity index is 2.07. The van der Waals surface area contributed by atoms with E-state index in [1.807, 2.05) is 37.2 Å². The quantitative estimate of drug-likeness (QED) is 0.355. The van der Waals surface area contributed by atoms with E-state index in [4.69, 9.17) is 9.47 Å². The maximum Gasteiger partial charge on any atom is 0.295 e. The number of carbonyl (C=O) groups is 2. The topological polar surface area (TPSA) is 79.3 Å². The van der Waals surface area contributed by atoms with E-state index >= 15 is 0 Å². The number of ether oxygens (including phenoxy) is 2. The van der Waals surface area contributed by atoms with Crippen LogP contribution >= 0.6 is 0 Å². The fourth-order valence-corrected chi connectivity index (χ4v) is 3.76. The zero-order chi connectivity index (χ0) is 24.1. The predicted octanol–water partition coefficient (Wildman–Crippen LogP) is 3.71. The molecule has 176 valence electrons. The Hall–Kier alpha value is -3.32.